The number of aryl methyl sites for hydroxylation is 1. The quantitative estimate of drug-likeness (QED) is 0.738. The van der Waals surface area contributed by atoms with Gasteiger partial charge in [-0.25, -0.2) is 0 Å². The van der Waals surface area contributed by atoms with E-state index in [-0.39, 0.29) is 18.0 Å². The van der Waals surface area contributed by atoms with E-state index in [2.05, 4.69) is 15.5 Å². The number of amides is 1. The SMILES string of the molecule is CCc1cc(NC(=O)Cn2cc(N)ccc2=O)n[nH]1. The van der Waals surface area contributed by atoms with Crippen LogP contribution in [0.5, 0.6) is 0 Å². The molecule has 7 nitrogen and oxygen atoms in total. The lowest BCUT2D eigenvalue weighted by Gasteiger charge is -2.05. The topological polar surface area (TPSA) is 106 Å². The van der Waals surface area contributed by atoms with Crippen LogP contribution in [0.15, 0.2) is 29.2 Å². The Bertz CT molecular complexity index is 644. The monoisotopic (exact) mass is 261 g/mol. The first-order chi connectivity index (χ1) is 9.08. The first-order valence-electron chi connectivity index (χ1n) is 5.88. The van der Waals surface area contributed by atoms with Gasteiger partial charge in [-0.15, -0.1) is 0 Å². The van der Waals surface area contributed by atoms with Gasteiger partial charge in [0.15, 0.2) is 5.82 Å². The van der Waals surface area contributed by atoms with E-state index in [9.17, 15) is 9.59 Å². The second-order valence-corrected chi connectivity index (χ2v) is 4.11. The average molecular weight is 261 g/mol. The van der Waals surface area contributed by atoms with Gasteiger partial charge >= 0.3 is 0 Å². The molecular formula is C12H15N5O2. The highest BCUT2D eigenvalue weighted by Crippen LogP contribution is 2.05. The fourth-order valence-electron chi connectivity index (χ4n) is 1.62. The maximum absolute atomic E-state index is 11.8. The third kappa shape index (κ3) is 3.21. The van der Waals surface area contributed by atoms with Gasteiger partial charge in [0, 0.05) is 29.7 Å². The highest BCUT2D eigenvalue weighted by Gasteiger charge is 2.07. The van der Waals surface area contributed by atoms with Crippen LogP contribution < -0.4 is 16.6 Å². The zero-order chi connectivity index (χ0) is 13.8. The van der Waals surface area contributed by atoms with E-state index in [1.807, 2.05) is 6.92 Å². The van der Waals surface area contributed by atoms with Gasteiger partial charge in [-0.3, -0.25) is 14.7 Å². The molecule has 0 aliphatic heterocycles. The van der Waals surface area contributed by atoms with Crippen LogP contribution in [0.1, 0.15) is 12.6 Å². The molecule has 0 saturated carbocycles. The second kappa shape index (κ2) is 5.38. The Hall–Kier alpha value is -2.57. The van der Waals surface area contributed by atoms with Gasteiger partial charge in [0.1, 0.15) is 6.54 Å². The van der Waals surface area contributed by atoms with Crippen molar-refractivity contribution in [1.82, 2.24) is 14.8 Å². The molecule has 1 amide bonds. The number of carbonyl (C=O) groups is 1. The molecule has 0 atom stereocenters. The van der Waals surface area contributed by atoms with Crippen LogP contribution in [-0.4, -0.2) is 20.7 Å². The van der Waals surface area contributed by atoms with Gasteiger partial charge in [0.2, 0.25) is 5.91 Å². The number of anilines is 2. The molecular weight excluding hydrogens is 246 g/mol. The van der Waals surface area contributed by atoms with Crippen molar-refractivity contribution in [2.45, 2.75) is 19.9 Å². The Labute approximate surface area is 109 Å². The van der Waals surface area contributed by atoms with Gasteiger partial charge in [0.05, 0.1) is 0 Å². The van der Waals surface area contributed by atoms with Crippen molar-refractivity contribution < 1.29 is 4.79 Å². The lowest BCUT2D eigenvalue weighted by atomic mass is 10.3. The van der Waals surface area contributed by atoms with Crippen molar-refractivity contribution in [1.29, 1.82) is 0 Å². The van der Waals surface area contributed by atoms with Gasteiger partial charge in [-0.2, -0.15) is 5.10 Å². The first kappa shape index (κ1) is 12.9. The van der Waals surface area contributed by atoms with Crippen LogP contribution in [0.4, 0.5) is 11.5 Å². The van der Waals surface area contributed by atoms with Crippen LogP contribution >= 0.6 is 0 Å². The summed E-state index contributed by atoms with van der Waals surface area (Å²) in [6.07, 6.45) is 2.24. The van der Waals surface area contributed by atoms with E-state index in [4.69, 9.17) is 5.73 Å². The minimum atomic E-state index is -0.332. The standard InChI is InChI=1S/C12H15N5O2/c1-2-9-5-10(16-15-9)14-11(18)7-17-6-8(13)3-4-12(17)19/h3-6H,2,7,13H2,1H3,(H2,14,15,16,18). The number of hydrogen-bond donors (Lipinski definition) is 3. The molecule has 0 fully saturated rings. The van der Waals surface area contributed by atoms with Crippen molar-refractivity contribution in [2.24, 2.45) is 0 Å². The van der Waals surface area contributed by atoms with Crippen molar-refractivity contribution in [2.75, 3.05) is 11.1 Å². The molecule has 7 heteroatoms. The maximum Gasteiger partial charge on any atom is 0.251 e. The molecule has 2 aromatic heterocycles. The number of nitrogens with two attached hydrogens (primary N) is 1. The van der Waals surface area contributed by atoms with Crippen LogP contribution in [0.2, 0.25) is 0 Å². The number of nitrogen functional groups attached to an aromatic ring is 1. The number of aromatic amines is 1. The molecule has 0 spiro atoms. The number of nitrogens with one attached hydrogen (secondary N) is 2. The minimum absolute atomic E-state index is 0.0990. The molecule has 19 heavy (non-hydrogen) atoms. The van der Waals surface area contributed by atoms with E-state index >= 15 is 0 Å². The van der Waals surface area contributed by atoms with Gasteiger partial charge in [0.25, 0.3) is 5.56 Å². The molecule has 2 heterocycles. The first-order valence-corrected chi connectivity index (χ1v) is 5.88. The number of nitrogens with zero attached hydrogens (tertiary/aromatic N) is 2. The largest absolute Gasteiger partial charge is 0.398 e. The van der Waals surface area contributed by atoms with E-state index < -0.39 is 0 Å². The molecule has 0 bridgehead atoms. The van der Waals surface area contributed by atoms with Crippen LogP contribution in [0.3, 0.4) is 0 Å². The molecule has 0 radical (unpaired) electrons. The predicted molar refractivity (Wildman–Crippen MR) is 71.7 cm³/mol. The zero-order valence-electron chi connectivity index (χ0n) is 10.5. The Morgan fingerprint density at radius 2 is 2.32 bits per heavy atom. The van der Waals surface area contributed by atoms with Crippen molar-refractivity contribution in [3.8, 4) is 0 Å². The molecule has 2 aromatic rings. The number of aromatic nitrogens is 3. The minimum Gasteiger partial charge on any atom is -0.398 e. The average Bonchev–Trinajstić information content (AvgIpc) is 2.81. The second-order valence-electron chi connectivity index (χ2n) is 4.11. The summed E-state index contributed by atoms with van der Waals surface area (Å²) >= 11 is 0. The van der Waals surface area contributed by atoms with E-state index in [1.54, 1.807) is 6.07 Å². The Morgan fingerprint density at radius 3 is 3.00 bits per heavy atom. The Morgan fingerprint density at radius 1 is 1.53 bits per heavy atom. The molecule has 0 aliphatic rings. The molecule has 0 saturated heterocycles. The van der Waals surface area contributed by atoms with E-state index in [0.717, 1.165) is 12.1 Å². The van der Waals surface area contributed by atoms with Crippen molar-refractivity contribution in [3.05, 3.63) is 40.4 Å². The molecule has 2 rings (SSSR count). The number of hydrogen-bond acceptors (Lipinski definition) is 4. The van der Waals surface area contributed by atoms with Crippen molar-refractivity contribution in [3.63, 3.8) is 0 Å². The summed E-state index contributed by atoms with van der Waals surface area (Å²) in [6, 6.07) is 4.57. The fourth-order valence-corrected chi connectivity index (χ4v) is 1.62. The van der Waals surface area contributed by atoms with Gasteiger partial charge in [-0.05, 0) is 12.5 Å². The lowest BCUT2D eigenvalue weighted by Crippen LogP contribution is -2.27. The van der Waals surface area contributed by atoms with Crippen LogP contribution in [0, 0.1) is 0 Å². The summed E-state index contributed by atoms with van der Waals surface area (Å²) in [4.78, 5) is 23.3. The smallest absolute Gasteiger partial charge is 0.251 e. The highest BCUT2D eigenvalue weighted by molar-refractivity contribution is 5.89. The molecule has 0 aliphatic carbocycles. The van der Waals surface area contributed by atoms with Gasteiger partial charge in [-0.1, -0.05) is 6.92 Å². The molecule has 4 N–H and O–H groups in total. The summed E-state index contributed by atoms with van der Waals surface area (Å²) in [5.41, 5.74) is 6.65. The summed E-state index contributed by atoms with van der Waals surface area (Å²) < 4.78 is 1.25. The third-order valence-electron chi connectivity index (χ3n) is 2.60. The third-order valence-corrected chi connectivity index (χ3v) is 2.60. The van der Waals surface area contributed by atoms with Crippen LogP contribution in [0.25, 0.3) is 0 Å². The number of carbonyl (C=O) groups excluding carboxylic acids is 1. The predicted octanol–water partition coefficient (Wildman–Crippen LogP) is 0.355. The summed E-state index contributed by atoms with van der Waals surface area (Å²) in [7, 11) is 0. The Kier molecular flexibility index (Phi) is 3.65. The van der Waals surface area contributed by atoms with E-state index in [0.29, 0.717) is 11.5 Å². The lowest BCUT2D eigenvalue weighted by molar-refractivity contribution is -0.116. The molecule has 0 aromatic carbocycles. The maximum atomic E-state index is 11.8. The summed E-state index contributed by atoms with van der Waals surface area (Å²) in [5, 5.41) is 9.34. The Balaban J connectivity index is 2.05. The van der Waals surface area contributed by atoms with E-state index in [1.165, 1.54) is 22.9 Å². The number of H-pyrrole nitrogens is 1. The fraction of sp³-hybridized carbons (Fsp3) is 0.250. The zero-order valence-corrected chi connectivity index (χ0v) is 10.5. The van der Waals surface area contributed by atoms with Gasteiger partial charge < -0.3 is 15.6 Å². The summed E-state index contributed by atoms with van der Waals surface area (Å²) in [6.45, 7) is 1.88. The van der Waals surface area contributed by atoms with Crippen molar-refractivity contribution >= 4 is 17.4 Å². The summed E-state index contributed by atoms with van der Waals surface area (Å²) in [5.74, 6) is 0.112. The highest BCUT2D eigenvalue weighted by atomic mass is 16.2. The normalized spacial score (nSPS) is 10.4. The number of rotatable bonds is 4. The number of pyridine rings is 1. The van der Waals surface area contributed by atoms with Crippen LogP contribution in [-0.2, 0) is 17.8 Å². The molecule has 0 unspecified atom stereocenters. The molecule has 100 valence electrons.